The van der Waals surface area contributed by atoms with Gasteiger partial charge in [-0.2, -0.15) is 11.8 Å². The summed E-state index contributed by atoms with van der Waals surface area (Å²) >= 11 is 1.72. The highest BCUT2D eigenvalue weighted by atomic mass is 32.2. The summed E-state index contributed by atoms with van der Waals surface area (Å²) < 4.78 is 0. The molecule has 1 atom stereocenters. The van der Waals surface area contributed by atoms with Crippen LogP contribution >= 0.6 is 11.8 Å². The molecule has 0 bridgehead atoms. The zero-order valence-electron chi connectivity index (χ0n) is 13.4. The number of likely N-dealkylation sites (tertiary alicyclic amines) is 1. The highest BCUT2D eigenvalue weighted by Gasteiger charge is 2.38. The first-order valence-corrected chi connectivity index (χ1v) is 8.81. The summed E-state index contributed by atoms with van der Waals surface area (Å²) in [7, 11) is 0. The van der Waals surface area contributed by atoms with Crippen molar-refractivity contribution in [1.82, 2.24) is 10.2 Å². The van der Waals surface area contributed by atoms with Crippen molar-refractivity contribution in [2.45, 2.75) is 46.1 Å². The van der Waals surface area contributed by atoms with Gasteiger partial charge in [-0.25, -0.2) is 0 Å². The van der Waals surface area contributed by atoms with Crippen LogP contribution < -0.4 is 5.32 Å². The number of thioether (sulfide) groups is 1. The van der Waals surface area contributed by atoms with Crippen molar-refractivity contribution in [3.05, 3.63) is 0 Å². The minimum atomic E-state index is -0.441. The Balaban J connectivity index is 2.37. The Hall–Kier alpha value is -0.750. The van der Waals surface area contributed by atoms with Gasteiger partial charge in [0.15, 0.2) is 0 Å². The van der Waals surface area contributed by atoms with E-state index in [1.807, 2.05) is 20.8 Å². The van der Waals surface area contributed by atoms with Crippen LogP contribution in [0.2, 0.25) is 0 Å². The molecule has 1 fully saturated rings. The van der Waals surface area contributed by atoms with E-state index >= 15 is 0 Å². The predicted octanol–water partition coefficient (Wildman–Crippen LogP) is 1.26. The van der Waals surface area contributed by atoms with Crippen molar-refractivity contribution in [2.24, 2.45) is 5.41 Å². The maximum absolute atomic E-state index is 12.3. The first-order chi connectivity index (χ1) is 9.88. The average molecular weight is 316 g/mol. The Labute approximate surface area is 131 Å². The van der Waals surface area contributed by atoms with Crippen LogP contribution in [0.3, 0.4) is 0 Å². The Morgan fingerprint density at radius 3 is 2.67 bits per heavy atom. The van der Waals surface area contributed by atoms with E-state index in [1.54, 1.807) is 16.7 Å². The molecule has 1 heterocycles. The van der Waals surface area contributed by atoms with Gasteiger partial charge in [-0.15, -0.1) is 0 Å². The largest absolute Gasteiger partial charge is 0.396 e. The molecule has 1 unspecified atom stereocenters. The summed E-state index contributed by atoms with van der Waals surface area (Å²) in [5.74, 6) is 1.76. The molecule has 122 valence electrons. The van der Waals surface area contributed by atoms with Crippen molar-refractivity contribution >= 4 is 23.6 Å². The lowest BCUT2D eigenvalue weighted by Gasteiger charge is -2.30. The highest BCUT2D eigenvalue weighted by Crippen LogP contribution is 2.25. The molecule has 0 spiro atoms. The minimum absolute atomic E-state index is 0.0344. The van der Waals surface area contributed by atoms with Crippen LogP contribution in [0.4, 0.5) is 0 Å². The normalized spacial score (nSPS) is 18.9. The molecular formula is C15H28N2O3S. The molecule has 0 aromatic heterocycles. The molecule has 1 aliphatic heterocycles. The lowest BCUT2D eigenvalue weighted by molar-refractivity contribution is -0.144. The molecule has 0 saturated carbocycles. The Kier molecular flexibility index (Phi) is 7.52. The molecule has 1 saturated heterocycles. The standard InChI is InChI=1S/C15H28N2O3S/c1-15(2,3)14(20)17-8-4-6-12(17)13(19)16-7-11-21-10-5-9-18/h12,18H,4-11H2,1-3H3,(H,16,19). The van der Waals surface area contributed by atoms with Crippen molar-refractivity contribution < 1.29 is 14.7 Å². The fourth-order valence-electron chi connectivity index (χ4n) is 2.35. The second-order valence-electron chi connectivity index (χ2n) is 6.39. The van der Waals surface area contributed by atoms with Crippen LogP contribution in [-0.2, 0) is 9.59 Å². The third kappa shape index (κ3) is 5.87. The van der Waals surface area contributed by atoms with Gasteiger partial charge in [0.25, 0.3) is 0 Å². The second-order valence-corrected chi connectivity index (χ2v) is 7.61. The van der Waals surface area contributed by atoms with Crippen LogP contribution in [-0.4, -0.2) is 59.1 Å². The first-order valence-electron chi connectivity index (χ1n) is 7.65. The first kappa shape index (κ1) is 18.3. The zero-order chi connectivity index (χ0) is 15.9. The minimum Gasteiger partial charge on any atom is -0.396 e. The molecule has 1 aliphatic rings. The van der Waals surface area contributed by atoms with E-state index in [-0.39, 0.29) is 24.5 Å². The Bertz CT molecular complexity index is 355. The van der Waals surface area contributed by atoms with Gasteiger partial charge >= 0.3 is 0 Å². The van der Waals surface area contributed by atoms with Crippen LogP contribution in [0.25, 0.3) is 0 Å². The molecule has 0 aliphatic carbocycles. The number of aliphatic hydroxyl groups excluding tert-OH is 1. The molecule has 2 amide bonds. The summed E-state index contributed by atoms with van der Waals surface area (Å²) in [6.07, 6.45) is 2.44. The van der Waals surface area contributed by atoms with E-state index in [1.165, 1.54) is 0 Å². The fourth-order valence-corrected chi connectivity index (χ4v) is 3.13. The lowest BCUT2D eigenvalue weighted by Crippen LogP contribution is -2.49. The molecule has 21 heavy (non-hydrogen) atoms. The molecule has 2 N–H and O–H groups in total. The van der Waals surface area contributed by atoms with Gasteiger partial charge in [0.1, 0.15) is 6.04 Å². The zero-order valence-corrected chi connectivity index (χ0v) is 14.2. The number of aliphatic hydroxyl groups is 1. The quantitative estimate of drug-likeness (QED) is 0.694. The molecular weight excluding hydrogens is 288 g/mol. The molecule has 0 aromatic rings. The molecule has 5 nitrogen and oxygen atoms in total. The molecule has 1 rings (SSSR count). The van der Waals surface area contributed by atoms with Crippen molar-refractivity contribution in [2.75, 3.05) is 31.2 Å². The monoisotopic (exact) mass is 316 g/mol. The maximum atomic E-state index is 12.3. The number of rotatable bonds is 7. The van der Waals surface area contributed by atoms with E-state index in [9.17, 15) is 9.59 Å². The molecule has 0 radical (unpaired) electrons. The van der Waals surface area contributed by atoms with E-state index in [0.29, 0.717) is 13.1 Å². The third-order valence-electron chi connectivity index (χ3n) is 3.45. The Morgan fingerprint density at radius 1 is 1.33 bits per heavy atom. The van der Waals surface area contributed by atoms with Crippen molar-refractivity contribution in [1.29, 1.82) is 0 Å². The lowest BCUT2D eigenvalue weighted by atomic mass is 9.94. The van der Waals surface area contributed by atoms with Gasteiger partial charge < -0.3 is 15.3 Å². The number of nitrogens with one attached hydrogen (secondary N) is 1. The highest BCUT2D eigenvalue weighted by molar-refractivity contribution is 7.99. The predicted molar refractivity (Wildman–Crippen MR) is 86.2 cm³/mol. The van der Waals surface area contributed by atoms with Crippen LogP contribution in [0.15, 0.2) is 0 Å². The smallest absolute Gasteiger partial charge is 0.242 e. The van der Waals surface area contributed by atoms with Crippen LogP contribution in [0.1, 0.15) is 40.0 Å². The fraction of sp³-hybridized carbons (Fsp3) is 0.867. The van der Waals surface area contributed by atoms with Crippen LogP contribution in [0, 0.1) is 5.41 Å². The van der Waals surface area contributed by atoms with Crippen LogP contribution in [0.5, 0.6) is 0 Å². The number of nitrogens with zero attached hydrogens (tertiary/aromatic N) is 1. The van der Waals surface area contributed by atoms with Crippen molar-refractivity contribution in [3.8, 4) is 0 Å². The number of hydrogen-bond donors (Lipinski definition) is 2. The summed E-state index contributed by atoms with van der Waals surface area (Å²) in [6.45, 7) is 7.18. The number of amides is 2. The van der Waals surface area contributed by atoms with E-state index in [2.05, 4.69) is 5.32 Å². The van der Waals surface area contributed by atoms with Gasteiger partial charge in [0.2, 0.25) is 11.8 Å². The van der Waals surface area contributed by atoms with Crippen molar-refractivity contribution in [3.63, 3.8) is 0 Å². The maximum Gasteiger partial charge on any atom is 0.242 e. The van der Waals surface area contributed by atoms with Gasteiger partial charge in [-0.3, -0.25) is 9.59 Å². The number of hydrogen-bond acceptors (Lipinski definition) is 4. The molecule has 0 aromatic carbocycles. The number of carbonyl (C=O) groups excluding carboxylic acids is 2. The summed E-state index contributed by atoms with van der Waals surface area (Å²) in [4.78, 5) is 26.3. The second kappa shape index (κ2) is 8.63. The van der Waals surface area contributed by atoms with Gasteiger partial charge in [0.05, 0.1) is 0 Å². The third-order valence-corrected chi connectivity index (χ3v) is 4.52. The Morgan fingerprint density at radius 2 is 2.05 bits per heavy atom. The van der Waals surface area contributed by atoms with Gasteiger partial charge in [-0.05, 0) is 25.0 Å². The average Bonchev–Trinajstić information content (AvgIpc) is 2.89. The summed E-state index contributed by atoms with van der Waals surface area (Å²) in [6, 6.07) is -0.306. The topological polar surface area (TPSA) is 69.6 Å². The summed E-state index contributed by atoms with van der Waals surface area (Å²) in [5, 5.41) is 11.6. The van der Waals surface area contributed by atoms with E-state index < -0.39 is 5.41 Å². The van der Waals surface area contributed by atoms with Gasteiger partial charge in [0, 0.05) is 30.9 Å². The SMILES string of the molecule is CC(C)(C)C(=O)N1CCCC1C(=O)NCCSCCCO. The van der Waals surface area contributed by atoms with E-state index in [0.717, 1.165) is 30.8 Å². The molecule has 6 heteroatoms. The summed E-state index contributed by atoms with van der Waals surface area (Å²) in [5.41, 5.74) is -0.441. The van der Waals surface area contributed by atoms with E-state index in [4.69, 9.17) is 5.11 Å². The van der Waals surface area contributed by atoms with Gasteiger partial charge in [-0.1, -0.05) is 20.8 Å². The number of carbonyl (C=O) groups is 2.